The molecule has 0 fully saturated rings. The number of aliphatic imine (C=N–C) groups is 1. The van der Waals surface area contributed by atoms with E-state index in [2.05, 4.69) is 4.99 Å². The molecule has 22 heavy (non-hydrogen) atoms. The van der Waals surface area contributed by atoms with Crippen molar-refractivity contribution in [2.24, 2.45) is 10.7 Å². The van der Waals surface area contributed by atoms with Crippen LogP contribution in [0.2, 0.25) is 0 Å². The lowest BCUT2D eigenvalue weighted by molar-refractivity contribution is -0.192. The number of aliphatic carboxylic acids is 1. The van der Waals surface area contributed by atoms with E-state index in [1.54, 1.807) is 14.0 Å². The van der Waals surface area contributed by atoms with Gasteiger partial charge in [-0.1, -0.05) is 30.3 Å². The number of benzene rings is 1. The topological polar surface area (TPSA) is 96.0 Å². The molecule has 1 amide bonds. The molecule has 1 aliphatic rings. The average molecular weight is 317 g/mol. The van der Waals surface area contributed by atoms with Crippen LogP contribution in [0.4, 0.5) is 13.2 Å². The molecule has 1 unspecified atom stereocenters. The first kappa shape index (κ1) is 17.5. The van der Waals surface area contributed by atoms with E-state index in [4.69, 9.17) is 15.6 Å². The van der Waals surface area contributed by atoms with Crippen molar-refractivity contribution in [3.63, 3.8) is 0 Å². The van der Waals surface area contributed by atoms with Crippen LogP contribution < -0.4 is 5.73 Å². The van der Waals surface area contributed by atoms with Gasteiger partial charge < -0.3 is 10.8 Å². The molecule has 1 aliphatic heterocycles. The maximum atomic E-state index is 12.0. The number of guanidine groups is 1. The highest BCUT2D eigenvalue weighted by molar-refractivity contribution is 6.06. The van der Waals surface area contributed by atoms with Crippen LogP contribution in [-0.4, -0.2) is 41.1 Å². The molecule has 6 nitrogen and oxygen atoms in total. The molecule has 0 saturated heterocycles. The van der Waals surface area contributed by atoms with Gasteiger partial charge in [-0.05, 0) is 12.5 Å². The van der Waals surface area contributed by atoms with E-state index in [0.29, 0.717) is 0 Å². The number of carbonyl (C=O) groups excluding carboxylic acids is 1. The highest BCUT2D eigenvalue weighted by Crippen LogP contribution is 2.31. The lowest BCUT2D eigenvalue weighted by atomic mass is 9.92. The summed E-state index contributed by atoms with van der Waals surface area (Å²) >= 11 is 0. The number of nitrogens with two attached hydrogens (primary N) is 1. The third-order valence-corrected chi connectivity index (χ3v) is 2.98. The van der Waals surface area contributed by atoms with Crippen molar-refractivity contribution in [2.75, 3.05) is 7.05 Å². The molecule has 0 spiro atoms. The van der Waals surface area contributed by atoms with Crippen LogP contribution in [-0.2, 0) is 15.1 Å². The summed E-state index contributed by atoms with van der Waals surface area (Å²) in [6.07, 6.45) is -5.08. The Morgan fingerprint density at radius 1 is 1.32 bits per heavy atom. The van der Waals surface area contributed by atoms with Gasteiger partial charge >= 0.3 is 12.1 Å². The zero-order valence-corrected chi connectivity index (χ0v) is 11.8. The Labute approximate surface area is 124 Å². The Morgan fingerprint density at radius 2 is 1.77 bits per heavy atom. The van der Waals surface area contributed by atoms with E-state index in [1.807, 2.05) is 30.3 Å². The minimum Gasteiger partial charge on any atom is -0.475 e. The Bertz CT molecular complexity index is 602. The summed E-state index contributed by atoms with van der Waals surface area (Å²) in [6, 6.07) is 9.44. The van der Waals surface area contributed by atoms with E-state index in [9.17, 15) is 18.0 Å². The van der Waals surface area contributed by atoms with Crippen molar-refractivity contribution < 1.29 is 27.9 Å². The molecule has 0 radical (unpaired) electrons. The Hall–Kier alpha value is -2.58. The van der Waals surface area contributed by atoms with Crippen molar-refractivity contribution >= 4 is 17.8 Å². The fourth-order valence-electron chi connectivity index (χ4n) is 1.73. The number of rotatable bonds is 1. The molecule has 1 aromatic rings. The number of hydrogen-bond donors (Lipinski definition) is 2. The van der Waals surface area contributed by atoms with Gasteiger partial charge in [-0.3, -0.25) is 9.69 Å². The Morgan fingerprint density at radius 3 is 2.09 bits per heavy atom. The number of carboxylic acids is 1. The third kappa shape index (κ3) is 3.54. The quantitative estimate of drug-likeness (QED) is 0.816. The first-order valence-electron chi connectivity index (χ1n) is 5.99. The molecule has 1 aromatic carbocycles. The predicted molar refractivity (Wildman–Crippen MR) is 71.9 cm³/mol. The zero-order valence-electron chi connectivity index (χ0n) is 11.8. The smallest absolute Gasteiger partial charge is 0.475 e. The lowest BCUT2D eigenvalue weighted by Gasteiger charge is -2.19. The van der Waals surface area contributed by atoms with E-state index in [0.717, 1.165) is 5.56 Å². The van der Waals surface area contributed by atoms with Gasteiger partial charge in [-0.2, -0.15) is 13.2 Å². The third-order valence-electron chi connectivity index (χ3n) is 2.98. The van der Waals surface area contributed by atoms with Gasteiger partial charge in [0.1, 0.15) is 0 Å². The molecule has 0 saturated carbocycles. The van der Waals surface area contributed by atoms with Gasteiger partial charge in [-0.25, -0.2) is 9.79 Å². The van der Waals surface area contributed by atoms with Crippen LogP contribution in [0.5, 0.6) is 0 Å². The number of likely N-dealkylation sites (N-methyl/N-ethyl adjacent to an activating group) is 1. The Kier molecular flexibility index (Phi) is 4.80. The monoisotopic (exact) mass is 317 g/mol. The number of carbonyl (C=O) groups is 2. The summed E-state index contributed by atoms with van der Waals surface area (Å²) < 4.78 is 31.7. The van der Waals surface area contributed by atoms with Crippen LogP contribution in [0, 0.1) is 0 Å². The molecule has 0 aliphatic carbocycles. The van der Waals surface area contributed by atoms with Gasteiger partial charge in [0, 0.05) is 7.05 Å². The number of halogens is 3. The van der Waals surface area contributed by atoms with Crippen LogP contribution in [0.25, 0.3) is 0 Å². The second kappa shape index (κ2) is 6.04. The molecule has 9 heteroatoms. The molecule has 0 aromatic heterocycles. The predicted octanol–water partition coefficient (Wildman–Crippen LogP) is 1.32. The van der Waals surface area contributed by atoms with Crippen molar-refractivity contribution in [1.29, 1.82) is 0 Å². The fourth-order valence-corrected chi connectivity index (χ4v) is 1.73. The molecule has 1 atom stereocenters. The van der Waals surface area contributed by atoms with Gasteiger partial charge in [0.15, 0.2) is 11.5 Å². The Balaban J connectivity index is 0.000000295. The van der Waals surface area contributed by atoms with Crippen molar-refractivity contribution in [3.8, 4) is 0 Å². The van der Waals surface area contributed by atoms with Crippen LogP contribution in [0.15, 0.2) is 35.3 Å². The maximum Gasteiger partial charge on any atom is 0.490 e. The second-order valence-electron chi connectivity index (χ2n) is 4.58. The minimum atomic E-state index is -5.08. The zero-order chi connectivity index (χ0) is 17.1. The molecule has 120 valence electrons. The number of nitrogens with zero attached hydrogens (tertiary/aromatic N) is 2. The molecule has 1 heterocycles. The first-order chi connectivity index (χ1) is 10.00. The highest BCUT2D eigenvalue weighted by atomic mass is 19.4. The summed E-state index contributed by atoms with van der Waals surface area (Å²) in [7, 11) is 1.63. The van der Waals surface area contributed by atoms with E-state index >= 15 is 0 Å². The fraction of sp³-hybridized carbons (Fsp3) is 0.308. The molecule has 2 rings (SSSR count). The number of amides is 1. The minimum absolute atomic E-state index is 0.0915. The van der Waals surface area contributed by atoms with E-state index in [-0.39, 0.29) is 11.9 Å². The average Bonchev–Trinajstić information content (AvgIpc) is 2.64. The standard InChI is InChI=1S/C11H13N3O.C2HF3O2/c1-11(8-6-4-3-5-7-8)9(15)14(2)10(12)13-11;3-2(4,5)1(6)7/h3-7H,1-2H3,(H2,12,13);(H,6,7). The van der Waals surface area contributed by atoms with Crippen LogP contribution >= 0.6 is 0 Å². The number of alkyl halides is 3. The summed E-state index contributed by atoms with van der Waals surface area (Å²) in [5.41, 5.74) is 5.64. The highest BCUT2D eigenvalue weighted by Gasteiger charge is 2.43. The molecular formula is C13H14F3N3O3. The maximum absolute atomic E-state index is 12.0. The molecule has 0 bridgehead atoms. The number of hydrogen-bond acceptors (Lipinski definition) is 4. The SMILES string of the molecule is CN1C(=O)C(C)(c2ccccc2)N=C1N.O=C(O)C(F)(F)F. The largest absolute Gasteiger partial charge is 0.490 e. The second-order valence-corrected chi connectivity index (χ2v) is 4.58. The van der Waals surface area contributed by atoms with Crippen molar-refractivity contribution in [3.05, 3.63) is 35.9 Å². The van der Waals surface area contributed by atoms with Gasteiger partial charge in [0.05, 0.1) is 0 Å². The lowest BCUT2D eigenvalue weighted by Crippen LogP contribution is -2.38. The molecular weight excluding hydrogens is 303 g/mol. The van der Waals surface area contributed by atoms with E-state index < -0.39 is 17.7 Å². The van der Waals surface area contributed by atoms with Crippen LogP contribution in [0.3, 0.4) is 0 Å². The summed E-state index contributed by atoms with van der Waals surface area (Å²) in [4.78, 5) is 26.5. The normalized spacial score (nSPS) is 21.0. The summed E-state index contributed by atoms with van der Waals surface area (Å²) in [6.45, 7) is 1.78. The van der Waals surface area contributed by atoms with Crippen molar-refractivity contribution in [1.82, 2.24) is 4.90 Å². The summed E-state index contributed by atoms with van der Waals surface area (Å²) in [5, 5.41) is 7.12. The van der Waals surface area contributed by atoms with Crippen LogP contribution in [0.1, 0.15) is 12.5 Å². The van der Waals surface area contributed by atoms with Gasteiger partial charge in [0.25, 0.3) is 5.91 Å². The van der Waals surface area contributed by atoms with Gasteiger partial charge in [-0.15, -0.1) is 0 Å². The number of carboxylic acid groups (broad SMARTS) is 1. The van der Waals surface area contributed by atoms with E-state index in [1.165, 1.54) is 4.90 Å². The summed E-state index contributed by atoms with van der Waals surface area (Å²) in [5.74, 6) is -2.58. The van der Waals surface area contributed by atoms with Crippen molar-refractivity contribution in [2.45, 2.75) is 18.6 Å². The molecule has 3 N–H and O–H groups in total. The van der Waals surface area contributed by atoms with Gasteiger partial charge in [0.2, 0.25) is 0 Å². The first-order valence-corrected chi connectivity index (χ1v) is 5.99.